The predicted octanol–water partition coefficient (Wildman–Crippen LogP) is 1.54. The van der Waals surface area contributed by atoms with Crippen molar-refractivity contribution >= 4 is 24.3 Å². The first-order chi connectivity index (χ1) is 7.99. The van der Waals surface area contributed by atoms with E-state index in [1.165, 1.54) is 0 Å². The van der Waals surface area contributed by atoms with E-state index in [2.05, 4.69) is 5.32 Å². The Hall–Kier alpha value is -0.810. The maximum Gasteiger partial charge on any atom is 0.303 e. The molecule has 0 aliphatic carbocycles. The van der Waals surface area contributed by atoms with Gasteiger partial charge < -0.3 is 16.2 Å². The van der Waals surface area contributed by atoms with Gasteiger partial charge in [0.2, 0.25) is 5.91 Å². The molecule has 0 unspecified atom stereocenters. The maximum absolute atomic E-state index is 11.2. The van der Waals surface area contributed by atoms with Crippen molar-refractivity contribution in [2.75, 3.05) is 6.54 Å². The fourth-order valence-corrected chi connectivity index (χ4v) is 1.65. The molecule has 108 valence electrons. The van der Waals surface area contributed by atoms with Gasteiger partial charge in [0.1, 0.15) is 0 Å². The van der Waals surface area contributed by atoms with Crippen LogP contribution in [0.5, 0.6) is 0 Å². The van der Waals surface area contributed by atoms with Crippen molar-refractivity contribution in [3.63, 3.8) is 0 Å². The van der Waals surface area contributed by atoms with E-state index >= 15 is 0 Å². The Morgan fingerprint density at radius 1 is 1.28 bits per heavy atom. The molecule has 0 saturated carbocycles. The summed E-state index contributed by atoms with van der Waals surface area (Å²) in [6.07, 6.45) is 3.52. The van der Waals surface area contributed by atoms with Gasteiger partial charge in [-0.1, -0.05) is 26.7 Å². The summed E-state index contributed by atoms with van der Waals surface area (Å²) in [5, 5.41) is 11.6. The van der Waals surface area contributed by atoms with Crippen LogP contribution in [-0.4, -0.2) is 29.6 Å². The van der Waals surface area contributed by atoms with E-state index in [0.29, 0.717) is 13.0 Å². The number of carbonyl (C=O) groups is 2. The molecule has 4 N–H and O–H groups in total. The molecular weight excluding hydrogens is 256 g/mol. The molecule has 1 amide bonds. The number of nitrogens with two attached hydrogens (primary N) is 1. The summed E-state index contributed by atoms with van der Waals surface area (Å²) < 4.78 is 0. The van der Waals surface area contributed by atoms with Gasteiger partial charge in [-0.25, -0.2) is 0 Å². The zero-order valence-electron chi connectivity index (χ0n) is 11.1. The summed E-state index contributed by atoms with van der Waals surface area (Å²) >= 11 is 0. The van der Waals surface area contributed by atoms with Crippen LogP contribution in [0.15, 0.2) is 0 Å². The molecule has 0 spiro atoms. The second kappa shape index (κ2) is 11.3. The van der Waals surface area contributed by atoms with E-state index in [0.717, 1.165) is 19.3 Å². The first kappa shape index (κ1) is 19.5. The van der Waals surface area contributed by atoms with Crippen molar-refractivity contribution in [3.05, 3.63) is 0 Å². The molecule has 0 aliphatic heterocycles. The zero-order valence-corrected chi connectivity index (χ0v) is 12.0. The summed E-state index contributed by atoms with van der Waals surface area (Å²) in [6, 6.07) is -0.278. The van der Waals surface area contributed by atoms with Crippen molar-refractivity contribution in [2.45, 2.75) is 52.0 Å². The summed E-state index contributed by atoms with van der Waals surface area (Å²) in [5.41, 5.74) is 5.31. The lowest BCUT2D eigenvalue weighted by Crippen LogP contribution is -2.46. The lowest BCUT2D eigenvalue weighted by molar-refractivity contribution is -0.137. The van der Waals surface area contributed by atoms with E-state index in [9.17, 15) is 9.59 Å². The van der Waals surface area contributed by atoms with E-state index < -0.39 is 5.97 Å². The minimum absolute atomic E-state index is 0. The Balaban J connectivity index is 0. The lowest BCUT2D eigenvalue weighted by Gasteiger charge is -2.21. The van der Waals surface area contributed by atoms with Crippen LogP contribution in [0.1, 0.15) is 46.0 Å². The van der Waals surface area contributed by atoms with Gasteiger partial charge in [0, 0.05) is 6.42 Å². The molecule has 0 aliphatic rings. The van der Waals surface area contributed by atoms with Crippen molar-refractivity contribution in [1.29, 1.82) is 0 Å². The number of carboxylic acid groups (broad SMARTS) is 1. The minimum atomic E-state index is -0.757. The molecule has 5 nitrogen and oxygen atoms in total. The number of hydrogen-bond acceptors (Lipinski definition) is 3. The van der Waals surface area contributed by atoms with Gasteiger partial charge in [-0.3, -0.25) is 9.59 Å². The standard InChI is InChI=1S/C12H24N2O3.ClH/c1-3-9(2)11(12(13)17)14-8-6-4-5-7-10(15)16;/h9,11,14H,3-8H2,1-2H3,(H2,13,17)(H,15,16);1H/t9-,11-;/m0./s1. The highest BCUT2D eigenvalue weighted by atomic mass is 35.5. The minimum Gasteiger partial charge on any atom is -0.481 e. The highest BCUT2D eigenvalue weighted by molar-refractivity contribution is 5.85. The average Bonchev–Trinajstić information content (AvgIpc) is 2.26. The molecule has 0 fully saturated rings. The van der Waals surface area contributed by atoms with Gasteiger partial charge in [-0.15, -0.1) is 12.4 Å². The van der Waals surface area contributed by atoms with E-state index in [-0.39, 0.29) is 36.7 Å². The smallest absolute Gasteiger partial charge is 0.303 e. The Bertz CT molecular complexity index is 249. The number of carbonyl (C=O) groups excluding carboxylic acids is 1. The highest BCUT2D eigenvalue weighted by Gasteiger charge is 2.20. The lowest BCUT2D eigenvalue weighted by atomic mass is 9.98. The molecule has 18 heavy (non-hydrogen) atoms. The number of aliphatic carboxylic acids is 1. The summed E-state index contributed by atoms with van der Waals surface area (Å²) in [5.74, 6) is -0.844. The predicted molar refractivity (Wildman–Crippen MR) is 73.8 cm³/mol. The van der Waals surface area contributed by atoms with Gasteiger partial charge in [0.25, 0.3) is 0 Å². The van der Waals surface area contributed by atoms with Crippen molar-refractivity contribution in [3.8, 4) is 0 Å². The number of primary amides is 1. The molecule has 6 heteroatoms. The van der Waals surface area contributed by atoms with Crippen LogP contribution in [0.2, 0.25) is 0 Å². The number of unbranched alkanes of at least 4 members (excludes halogenated alkanes) is 2. The van der Waals surface area contributed by atoms with Gasteiger partial charge in [-0.05, 0) is 25.3 Å². The van der Waals surface area contributed by atoms with Crippen molar-refractivity contribution in [1.82, 2.24) is 5.32 Å². The molecule has 0 saturated heterocycles. The molecule has 0 aromatic heterocycles. The monoisotopic (exact) mass is 280 g/mol. The van der Waals surface area contributed by atoms with Crippen LogP contribution in [0.25, 0.3) is 0 Å². The van der Waals surface area contributed by atoms with Crippen molar-refractivity contribution in [2.24, 2.45) is 11.7 Å². The van der Waals surface area contributed by atoms with Gasteiger partial charge in [-0.2, -0.15) is 0 Å². The fraction of sp³-hybridized carbons (Fsp3) is 0.833. The topological polar surface area (TPSA) is 92.4 Å². The number of halogens is 1. The third-order valence-electron chi connectivity index (χ3n) is 2.95. The van der Waals surface area contributed by atoms with Crippen LogP contribution >= 0.6 is 12.4 Å². The van der Waals surface area contributed by atoms with Crippen LogP contribution < -0.4 is 11.1 Å². The Kier molecular flexibility index (Phi) is 12.2. The zero-order chi connectivity index (χ0) is 13.3. The van der Waals surface area contributed by atoms with Crippen molar-refractivity contribution < 1.29 is 14.7 Å². The number of nitrogens with one attached hydrogen (secondary N) is 1. The molecule has 0 aromatic carbocycles. The summed E-state index contributed by atoms with van der Waals surface area (Å²) in [7, 11) is 0. The van der Waals surface area contributed by atoms with E-state index in [1.54, 1.807) is 0 Å². The number of rotatable bonds is 10. The van der Waals surface area contributed by atoms with Crippen LogP contribution in [-0.2, 0) is 9.59 Å². The Morgan fingerprint density at radius 2 is 1.89 bits per heavy atom. The van der Waals surface area contributed by atoms with Gasteiger partial charge in [0.05, 0.1) is 6.04 Å². The number of carboxylic acids is 1. The molecule has 0 bridgehead atoms. The molecule has 0 heterocycles. The second-order valence-electron chi connectivity index (χ2n) is 4.42. The van der Waals surface area contributed by atoms with E-state index in [4.69, 9.17) is 10.8 Å². The first-order valence-corrected chi connectivity index (χ1v) is 6.23. The van der Waals surface area contributed by atoms with Gasteiger partial charge >= 0.3 is 5.97 Å². The quantitative estimate of drug-likeness (QED) is 0.529. The Morgan fingerprint density at radius 3 is 2.33 bits per heavy atom. The second-order valence-corrected chi connectivity index (χ2v) is 4.42. The Labute approximate surface area is 115 Å². The molecular formula is C12H25ClN2O3. The van der Waals surface area contributed by atoms with Crippen LogP contribution in [0.4, 0.5) is 0 Å². The number of hydrogen-bond donors (Lipinski definition) is 3. The van der Waals surface area contributed by atoms with Gasteiger partial charge in [0.15, 0.2) is 0 Å². The molecule has 2 atom stereocenters. The third-order valence-corrected chi connectivity index (χ3v) is 2.95. The normalized spacial score (nSPS) is 13.4. The van der Waals surface area contributed by atoms with E-state index in [1.807, 2.05) is 13.8 Å². The third kappa shape index (κ3) is 9.24. The fourth-order valence-electron chi connectivity index (χ4n) is 1.65. The average molecular weight is 281 g/mol. The summed E-state index contributed by atoms with van der Waals surface area (Å²) in [4.78, 5) is 21.5. The SMILES string of the molecule is CC[C@H](C)[C@H](NCCCCCC(=O)O)C(N)=O.Cl. The highest BCUT2D eigenvalue weighted by Crippen LogP contribution is 2.07. The molecule has 0 rings (SSSR count). The first-order valence-electron chi connectivity index (χ1n) is 6.23. The number of amides is 1. The molecule has 0 aromatic rings. The maximum atomic E-state index is 11.2. The largest absolute Gasteiger partial charge is 0.481 e. The summed E-state index contributed by atoms with van der Waals surface area (Å²) in [6.45, 7) is 4.72. The van der Waals surface area contributed by atoms with Crippen LogP contribution in [0.3, 0.4) is 0 Å². The van der Waals surface area contributed by atoms with Crippen LogP contribution in [0, 0.1) is 5.92 Å². The molecule has 0 radical (unpaired) electrons.